The molecule has 0 aliphatic carbocycles. The van der Waals surface area contributed by atoms with Gasteiger partial charge in [-0.15, -0.1) is 11.3 Å². The predicted molar refractivity (Wildman–Crippen MR) is 111 cm³/mol. The predicted octanol–water partition coefficient (Wildman–Crippen LogP) is 6.08. The smallest absolute Gasteiger partial charge is 0.195 e. The third kappa shape index (κ3) is 4.06. The number of rotatable bonds is 3. The summed E-state index contributed by atoms with van der Waals surface area (Å²) in [6.45, 7) is 2.01. The fraction of sp³-hybridized carbons (Fsp3) is 0.130. The molecule has 0 saturated heterocycles. The van der Waals surface area contributed by atoms with Crippen molar-refractivity contribution in [3.05, 3.63) is 94.6 Å². The lowest BCUT2D eigenvalue weighted by Gasteiger charge is -1.99. The topological polar surface area (TPSA) is 34.1 Å². The number of carbonyl (C=O) groups excluding carboxylic acids is 1. The van der Waals surface area contributed by atoms with Gasteiger partial charge in [0.2, 0.25) is 0 Å². The van der Waals surface area contributed by atoms with Crippen molar-refractivity contribution in [1.82, 2.24) is 0 Å². The molecule has 3 aromatic carbocycles. The van der Waals surface area contributed by atoms with Gasteiger partial charge < -0.3 is 0 Å². The summed E-state index contributed by atoms with van der Waals surface area (Å²) in [7, 11) is 0. The molecule has 0 N–H and O–H groups in total. The molecule has 26 heavy (non-hydrogen) atoms. The lowest BCUT2D eigenvalue weighted by molar-refractivity contribution is 0.0982. The average molecular weight is 360 g/mol. The van der Waals surface area contributed by atoms with Crippen LogP contribution in [0.25, 0.3) is 20.2 Å². The third-order valence-corrected chi connectivity index (χ3v) is 5.21. The maximum Gasteiger partial charge on any atom is 0.195 e. The van der Waals surface area contributed by atoms with Crippen molar-refractivity contribution in [2.24, 2.45) is 0 Å². The van der Waals surface area contributed by atoms with E-state index in [1.165, 1.54) is 0 Å². The van der Waals surface area contributed by atoms with Gasteiger partial charge in [0.25, 0.3) is 0 Å². The van der Waals surface area contributed by atoms with Gasteiger partial charge in [-0.1, -0.05) is 61.5 Å². The van der Waals surface area contributed by atoms with Crippen molar-refractivity contribution in [3.8, 4) is 0 Å². The second-order valence-electron chi connectivity index (χ2n) is 5.96. The maximum absolute atomic E-state index is 12.1. The Kier molecular flexibility index (Phi) is 5.92. The van der Waals surface area contributed by atoms with Crippen LogP contribution in [-0.4, -0.2) is 5.78 Å². The summed E-state index contributed by atoms with van der Waals surface area (Å²) in [6.07, 6.45) is 1.58. The first kappa shape index (κ1) is 18.0. The van der Waals surface area contributed by atoms with Crippen molar-refractivity contribution >= 4 is 37.3 Å². The van der Waals surface area contributed by atoms with E-state index in [0.717, 1.165) is 32.2 Å². The first-order valence-electron chi connectivity index (χ1n) is 8.69. The largest absolute Gasteiger partial charge is 0.294 e. The van der Waals surface area contributed by atoms with Crippen LogP contribution in [-0.2, 0) is 0 Å². The van der Waals surface area contributed by atoms with Gasteiger partial charge in [-0.3, -0.25) is 9.59 Å². The quantitative estimate of drug-likeness (QED) is 0.327. The standard InChI is InChI=1S/C13H8OS.C10H12O/c14-13-9-5-1-3-7-11(9)15-12-8-4-2-6-10(12)13;1-2-6-10(11)9-7-4-3-5-8-9/h1-8H;3-5,7-8H,2,6H2,1H3. The van der Waals surface area contributed by atoms with Gasteiger partial charge in [0.15, 0.2) is 11.2 Å². The summed E-state index contributed by atoms with van der Waals surface area (Å²) >= 11 is 1.67. The van der Waals surface area contributed by atoms with E-state index < -0.39 is 0 Å². The molecule has 3 heteroatoms. The summed E-state index contributed by atoms with van der Waals surface area (Å²) < 4.78 is 2.11. The Morgan fingerprint density at radius 1 is 0.769 bits per heavy atom. The average Bonchev–Trinajstić information content (AvgIpc) is 2.70. The molecule has 130 valence electrons. The van der Waals surface area contributed by atoms with Crippen molar-refractivity contribution in [3.63, 3.8) is 0 Å². The minimum absolute atomic E-state index is 0.139. The molecular weight excluding hydrogens is 340 g/mol. The second-order valence-corrected chi connectivity index (χ2v) is 7.05. The molecule has 1 heterocycles. The van der Waals surface area contributed by atoms with Crippen LogP contribution in [0.5, 0.6) is 0 Å². The van der Waals surface area contributed by atoms with Gasteiger partial charge in [-0.05, 0) is 30.7 Å². The molecule has 0 amide bonds. The van der Waals surface area contributed by atoms with Crippen LogP contribution in [0.1, 0.15) is 30.1 Å². The first-order valence-corrected chi connectivity index (χ1v) is 9.51. The number of fused-ring (bicyclic) bond motifs is 2. The van der Waals surface area contributed by atoms with Gasteiger partial charge in [0.1, 0.15) is 0 Å². The van der Waals surface area contributed by atoms with Crippen LogP contribution in [0.3, 0.4) is 0 Å². The Hall–Kier alpha value is -2.78. The van der Waals surface area contributed by atoms with E-state index in [9.17, 15) is 9.59 Å². The Labute approximate surface area is 156 Å². The summed E-state index contributed by atoms with van der Waals surface area (Å²) in [6, 6.07) is 24.9. The van der Waals surface area contributed by atoms with Gasteiger partial charge in [0.05, 0.1) is 0 Å². The normalized spacial score (nSPS) is 10.3. The summed E-state index contributed by atoms with van der Waals surface area (Å²) in [5, 5.41) is 1.64. The van der Waals surface area contributed by atoms with E-state index >= 15 is 0 Å². The zero-order chi connectivity index (χ0) is 18.4. The van der Waals surface area contributed by atoms with Gasteiger partial charge in [-0.25, -0.2) is 0 Å². The number of benzene rings is 3. The molecule has 0 bridgehead atoms. The van der Waals surface area contributed by atoms with Crippen molar-refractivity contribution in [1.29, 1.82) is 0 Å². The number of hydrogen-bond donors (Lipinski definition) is 0. The van der Waals surface area contributed by atoms with Gasteiger partial charge in [0, 0.05) is 32.2 Å². The maximum atomic E-state index is 12.1. The second kappa shape index (κ2) is 8.54. The molecule has 2 nitrogen and oxygen atoms in total. The molecular formula is C23H20O2S. The van der Waals surface area contributed by atoms with E-state index in [1.807, 2.05) is 85.8 Å². The van der Waals surface area contributed by atoms with Crippen LogP contribution in [0.2, 0.25) is 0 Å². The highest BCUT2D eigenvalue weighted by molar-refractivity contribution is 7.24. The van der Waals surface area contributed by atoms with Crippen LogP contribution < -0.4 is 5.43 Å². The van der Waals surface area contributed by atoms with Gasteiger partial charge >= 0.3 is 0 Å². The molecule has 4 aromatic rings. The number of ketones is 1. The summed E-state index contributed by atoms with van der Waals surface area (Å²) in [4.78, 5) is 23.3. The van der Waals surface area contributed by atoms with E-state index in [2.05, 4.69) is 0 Å². The van der Waals surface area contributed by atoms with E-state index in [4.69, 9.17) is 0 Å². The monoisotopic (exact) mass is 360 g/mol. The first-order chi connectivity index (χ1) is 12.7. The van der Waals surface area contributed by atoms with E-state index in [0.29, 0.717) is 6.42 Å². The molecule has 0 atom stereocenters. The molecule has 0 aliphatic heterocycles. The summed E-state index contributed by atoms with van der Waals surface area (Å²) in [5.41, 5.74) is 0.967. The fourth-order valence-corrected chi connectivity index (χ4v) is 3.82. The van der Waals surface area contributed by atoms with Crippen molar-refractivity contribution in [2.75, 3.05) is 0 Å². The summed E-state index contributed by atoms with van der Waals surface area (Å²) in [5.74, 6) is 0.244. The molecule has 0 aliphatic rings. The lowest BCUT2D eigenvalue weighted by atomic mass is 10.1. The molecule has 0 radical (unpaired) electrons. The highest BCUT2D eigenvalue weighted by atomic mass is 32.1. The third-order valence-electron chi connectivity index (χ3n) is 4.06. The Morgan fingerprint density at radius 3 is 1.81 bits per heavy atom. The van der Waals surface area contributed by atoms with Crippen molar-refractivity contribution < 1.29 is 4.79 Å². The molecule has 4 rings (SSSR count). The molecule has 1 aromatic heterocycles. The minimum atomic E-state index is 0.139. The lowest BCUT2D eigenvalue weighted by Crippen LogP contribution is -1.99. The van der Waals surface area contributed by atoms with E-state index in [-0.39, 0.29) is 11.2 Å². The molecule has 0 unspecified atom stereocenters. The van der Waals surface area contributed by atoms with Crippen LogP contribution in [0.4, 0.5) is 0 Å². The number of hydrogen-bond acceptors (Lipinski definition) is 3. The SMILES string of the molecule is CCCC(=O)c1ccccc1.O=c1c2ccccc2sc2ccccc12. The fourth-order valence-electron chi connectivity index (χ4n) is 2.75. The Balaban J connectivity index is 0.000000160. The highest BCUT2D eigenvalue weighted by Crippen LogP contribution is 2.23. The highest BCUT2D eigenvalue weighted by Gasteiger charge is 2.03. The number of Topliss-reactive ketones (excluding diaryl/α,β-unsaturated/α-hetero) is 1. The van der Waals surface area contributed by atoms with E-state index in [1.54, 1.807) is 11.3 Å². The molecule has 0 spiro atoms. The zero-order valence-electron chi connectivity index (χ0n) is 14.6. The molecule has 0 saturated carbocycles. The Bertz CT molecular complexity index is 1020. The Morgan fingerprint density at radius 2 is 1.27 bits per heavy atom. The zero-order valence-corrected chi connectivity index (χ0v) is 15.5. The van der Waals surface area contributed by atoms with Crippen LogP contribution in [0.15, 0.2) is 83.7 Å². The molecule has 0 fully saturated rings. The van der Waals surface area contributed by atoms with Crippen LogP contribution >= 0.6 is 11.3 Å². The van der Waals surface area contributed by atoms with Crippen molar-refractivity contribution in [2.45, 2.75) is 19.8 Å². The minimum Gasteiger partial charge on any atom is -0.294 e. The number of carbonyl (C=O) groups is 1. The van der Waals surface area contributed by atoms with Crippen LogP contribution in [0, 0.1) is 0 Å². The van der Waals surface area contributed by atoms with Gasteiger partial charge in [-0.2, -0.15) is 0 Å².